The van der Waals surface area contributed by atoms with E-state index in [1.54, 1.807) is 10.9 Å². The summed E-state index contributed by atoms with van der Waals surface area (Å²) in [4.78, 5) is 14.4. The first-order valence-corrected chi connectivity index (χ1v) is 6.36. The molecule has 2 heterocycles. The molecule has 1 aliphatic rings. The van der Waals surface area contributed by atoms with Gasteiger partial charge in [-0.3, -0.25) is 9.48 Å². The van der Waals surface area contributed by atoms with E-state index in [9.17, 15) is 4.79 Å². The van der Waals surface area contributed by atoms with Crippen LogP contribution in [0, 0.1) is 12.3 Å². The maximum Gasteiger partial charge on any atom is 0.257 e. The molecule has 0 aromatic carbocycles. The van der Waals surface area contributed by atoms with Crippen molar-refractivity contribution < 1.29 is 4.79 Å². The quantitative estimate of drug-likeness (QED) is 0.806. The highest BCUT2D eigenvalue weighted by atomic mass is 16.2. The molecule has 0 spiro atoms. The minimum Gasteiger partial charge on any atom is -0.338 e. The second kappa shape index (κ2) is 4.39. The first-order valence-electron chi connectivity index (χ1n) is 6.36. The Hall–Kier alpha value is -1.36. The molecule has 1 atom stereocenters. The van der Waals surface area contributed by atoms with Crippen molar-refractivity contribution in [3.8, 4) is 0 Å². The number of aromatic nitrogens is 2. The summed E-state index contributed by atoms with van der Waals surface area (Å²) in [6, 6.07) is 0.163. The fourth-order valence-electron chi connectivity index (χ4n) is 2.43. The molecule has 0 saturated carbocycles. The van der Waals surface area contributed by atoms with E-state index >= 15 is 0 Å². The zero-order valence-corrected chi connectivity index (χ0v) is 11.6. The maximum absolute atomic E-state index is 12.5. The zero-order valence-electron chi connectivity index (χ0n) is 11.6. The third-order valence-electron chi connectivity index (χ3n) is 4.07. The van der Waals surface area contributed by atoms with Crippen LogP contribution in [0.3, 0.4) is 0 Å². The van der Waals surface area contributed by atoms with Gasteiger partial charge in [0, 0.05) is 31.9 Å². The summed E-state index contributed by atoms with van der Waals surface area (Å²) < 4.78 is 1.73. The van der Waals surface area contributed by atoms with Crippen molar-refractivity contribution in [3.05, 3.63) is 17.5 Å². The Morgan fingerprint density at radius 3 is 2.72 bits per heavy atom. The Kier molecular flexibility index (Phi) is 3.19. The van der Waals surface area contributed by atoms with Crippen molar-refractivity contribution >= 4 is 5.91 Å². The van der Waals surface area contributed by atoms with E-state index in [0.29, 0.717) is 12.1 Å². The van der Waals surface area contributed by atoms with Crippen LogP contribution >= 0.6 is 0 Å². The normalized spacial score (nSPS) is 23.2. The molecule has 5 nitrogen and oxygen atoms in total. The van der Waals surface area contributed by atoms with Gasteiger partial charge in [0.2, 0.25) is 0 Å². The second-order valence-corrected chi connectivity index (χ2v) is 5.88. The minimum absolute atomic E-state index is 0.0238. The highest BCUT2D eigenvalue weighted by Gasteiger charge is 2.36. The number of likely N-dealkylation sites (tertiary alicyclic amines) is 1. The summed E-state index contributed by atoms with van der Waals surface area (Å²) >= 11 is 0. The van der Waals surface area contributed by atoms with Gasteiger partial charge in [-0.05, 0) is 18.8 Å². The van der Waals surface area contributed by atoms with Crippen LogP contribution in [0.5, 0.6) is 0 Å². The summed E-state index contributed by atoms with van der Waals surface area (Å²) in [6.07, 6.45) is 2.51. The van der Waals surface area contributed by atoms with E-state index in [0.717, 1.165) is 18.7 Å². The monoisotopic (exact) mass is 250 g/mol. The molecule has 1 unspecified atom stereocenters. The van der Waals surface area contributed by atoms with Gasteiger partial charge in [0.1, 0.15) is 0 Å². The van der Waals surface area contributed by atoms with Crippen LogP contribution in [0.1, 0.15) is 36.3 Å². The first-order chi connectivity index (χ1) is 8.33. The largest absolute Gasteiger partial charge is 0.338 e. The molecule has 2 N–H and O–H groups in total. The predicted octanol–water partition coefficient (Wildman–Crippen LogP) is 0.928. The number of hydrogen-bond donors (Lipinski definition) is 1. The number of piperidine rings is 1. The van der Waals surface area contributed by atoms with Crippen LogP contribution in [0.2, 0.25) is 0 Å². The number of carbonyl (C=O) groups is 1. The number of rotatable bonds is 1. The van der Waals surface area contributed by atoms with Gasteiger partial charge in [0.15, 0.2) is 0 Å². The van der Waals surface area contributed by atoms with E-state index in [4.69, 9.17) is 5.73 Å². The van der Waals surface area contributed by atoms with Gasteiger partial charge in [-0.25, -0.2) is 0 Å². The van der Waals surface area contributed by atoms with Gasteiger partial charge < -0.3 is 10.6 Å². The number of nitrogens with zero attached hydrogens (tertiary/aromatic N) is 3. The van der Waals surface area contributed by atoms with Gasteiger partial charge in [0.05, 0.1) is 11.8 Å². The van der Waals surface area contributed by atoms with E-state index < -0.39 is 0 Å². The Balaban J connectivity index is 2.18. The lowest BCUT2D eigenvalue weighted by Crippen LogP contribution is -2.54. The highest BCUT2D eigenvalue weighted by molar-refractivity contribution is 5.95. The first kappa shape index (κ1) is 13.1. The number of amides is 1. The lowest BCUT2D eigenvalue weighted by molar-refractivity contribution is 0.0532. The molecule has 1 aromatic rings. The highest BCUT2D eigenvalue weighted by Crippen LogP contribution is 2.28. The molecule has 1 saturated heterocycles. The smallest absolute Gasteiger partial charge is 0.257 e. The molecule has 1 fully saturated rings. The van der Waals surface area contributed by atoms with E-state index in [1.165, 1.54) is 0 Å². The Labute approximate surface area is 108 Å². The Morgan fingerprint density at radius 1 is 1.56 bits per heavy atom. The van der Waals surface area contributed by atoms with Gasteiger partial charge in [-0.2, -0.15) is 5.10 Å². The van der Waals surface area contributed by atoms with Crippen LogP contribution in [-0.2, 0) is 7.05 Å². The summed E-state index contributed by atoms with van der Waals surface area (Å²) in [7, 11) is 1.85. The van der Waals surface area contributed by atoms with Crippen LogP contribution < -0.4 is 5.73 Å². The summed E-state index contributed by atoms with van der Waals surface area (Å²) in [5.74, 6) is 0.0700. The Bertz CT molecular complexity index is 464. The van der Waals surface area contributed by atoms with Crippen molar-refractivity contribution in [3.63, 3.8) is 0 Å². The number of nitrogens with two attached hydrogens (primary N) is 1. The molecular weight excluding hydrogens is 228 g/mol. The number of hydrogen-bond acceptors (Lipinski definition) is 3. The molecule has 1 amide bonds. The molecule has 1 aliphatic heterocycles. The molecule has 0 aliphatic carbocycles. The van der Waals surface area contributed by atoms with Crippen LogP contribution in [0.25, 0.3) is 0 Å². The number of carbonyl (C=O) groups excluding carboxylic acids is 1. The van der Waals surface area contributed by atoms with Crippen molar-refractivity contribution in [1.82, 2.24) is 14.7 Å². The SMILES string of the molecule is Cc1c(C(=O)N2CCC(N)C(C)(C)C2)cnn1C. The number of aryl methyl sites for hydroxylation is 1. The van der Waals surface area contributed by atoms with Gasteiger partial charge in [-0.15, -0.1) is 0 Å². The standard InChI is InChI=1S/C13H22N4O/c1-9-10(7-15-16(9)4)12(18)17-6-5-11(14)13(2,3)8-17/h7,11H,5-6,8,14H2,1-4H3. The average molecular weight is 250 g/mol. The van der Waals surface area contributed by atoms with Gasteiger partial charge in [0.25, 0.3) is 5.91 Å². The molecule has 18 heavy (non-hydrogen) atoms. The lowest BCUT2D eigenvalue weighted by Gasteiger charge is -2.42. The fourth-order valence-corrected chi connectivity index (χ4v) is 2.43. The van der Waals surface area contributed by atoms with Crippen molar-refractivity contribution in [2.75, 3.05) is 13.1 Å². The summed E-state index contributed by atoms with van der Waals surface area (Å²) in [5, 5.41) is 4.13. The van der Waals surface area contributed by atoms with Crippen molar-refractivity contribution in [2.45, 2.75) is 33.2 Å². The molecule has 5 heteroatoms. The van der Waals surface area contributed by atoms with E-state index in [1.807, 2.05) is 18.9 Å². The summed E-state index contributed by atoms with van der Waals surface area (Å²) in [6.45, 7) is 7.60. The van der Waals surface area contributed by atoms with Gasteiger partial charge >= 0.3 is 0 Å². The third kappa shape index (κ3) is 2.14. The molecule has 0 bridgehead atoms. The van der Waals surface area contributed by atoms with Crippen LogP contribution in [-0.4, -0.2) is 39.7 Å². The van der Waals surface area contributed by atoms with Crippen molar-refractivity contribution in [2.24, 2.45) is 18.2 Å². The predicted molar refractivity (Wildman–Crippen MR) is 70.2 cm³/mol. The Morgan fingerprint density at radius 2 is 2.22 bits per heavy atom. The van der Waals surface area contributed by atoms with E-state index in [-0.39, 0.29) is 17.4 Å². The zero-order chi connectivity index (χ0) is 13.5. The molecule has 1 aromatic heterocycles. The maximum atomic E-state index is 12.5. The van der Waals surface area contributed by atoms with Crippen LogP contribution in [0.15, 0.2) is 6.20 Å². The van der Waals surface area contributed by atoms with Gasteiger partial charge in [-0.1, -0.05) is 13.8 Å². The third-order valence-corrected chi connectivity index (χ3v) is 4.07. The van der Waals surface area contributed by atoms with Crippen LogP contribution in [0.4, 0.5) is 0 Å². The fraction of sp³-hybridized carbons (Fsp3) is 0.692. The molecule has 2 rings (SSSR count). The minimum atomic E-state index is -0.0238. The topological polar surface area (TPSA) is 64.2 Å². The van der Waals surface area contributed by atoms with Crippen molar-refractivity contribution in [1.29, 1.82) is 0 Å². The molecular formula is C13H22N4O. The average Bonchev–Trinajstić information content (AvgIpc) is 2.63. The second-order valence-electron chi connectivity index (χ2n) is 5.88. The molecule has 0 radical (unpaired) electrons. The van der Waals surface area contributed by atoms with E-state index in [2.05, 4.69) is 18.9 Å². The molecule has 100 valence electrons. The summed E-state index contributed by atoms with van der Waals surface area (Å²) in [5.41, 5.74) is 7.68. The lowest BCUT2D eigenvalue weighted by atomic mass is 9.79.